The van der Waals surface area contributed by atoms with Crippen molar-refractivity contribution in [2.75, 3.05) is 10.6 Å². The molecular weight excluding hydrogens is 322 g/mol. The Morgan fingerprint density at radius 1 is 1.21 bits per heavy atom. The van der Waals surface area contributed by atoms with Crippen LogP contribution in [0.1, 0.15) is 47.8 Å². The van der Waals surface area contributed by atoms with E-state index in [2.05, 4.69) is 52.4 Å². The van der Waals surface area contributed by atoms with Crippen LogP contribution in [-0.2, 0) is 11.2 Å². The van der Waals surface area contributed by atoms with Crippen molar-refractivity contribution >= 4 is 29.1 Å². The largest absolute Gasteiger partial charge is 0.352 e. The lowest BCUT2D eigenvalue weighted by molar-refractivity contribution is -0.115. The first kappa shape index (κ1) is 18.3. The molecule has 1 unspecified atom stereocenters. The summed E-state index contributed by atoms with van der Waals surface area (Å²) in [5.41, 5.74) is 1.41. The van der Waals surface area contributed by atoms with Gasteiger partial charge in [-0.3, -0.25) is 10.1 Å². The third-order valence-corrected chi connectivity index (χ3v) is 4.69. The lowest BCUT2D eigenvalue weighted by Crippen LogP contribution is -2.20. The Bertz CT molecular complexity index is 713. The summed E-state index contributed by atoms with van der Waals surface area (Å²) in [6.45, 7) is 10.00. The van der Waals surface area contributed by atoms with Crippen molar-refractivity contribution in [2.45, 2.75) is 59.9 Å². The van der Waals surface area contributed by atoms with Gasteiger partial charge in [-0.25, -0.2) is 0 Å². The second-order valence-electron chi connectivity index (χ2n) is 5.95. The van der Waals surface area contributed by atoms with E-state index in [9.17, 15) is 4.79 Å². The average Bonchev–Trinajstić information content (AvgIpc) is 2.82. The molecule has 0 aromatic carbocycles. The molecular formula is C17H25N5OS. The Morgan fingerprint density at radius 3 is 2.54 bits per heavy atom. The van der Waals surface area contributed by atoms with Crippen molar-refractivity contribution < 1.29 is 4.79 Å². The van der Waals surface area contributed by atoms with E-state index in [1.54, 1.807) is 13.8 Å². The van der Waals surface area contributed by atoms with E-state index in [4.69, 9.17) is 0 Å². The summed E-state index contributed by atoms with van der Waals surface area (Å²) < 4.78 is 0. The SMILES string of the molecule is CCC(=O)Nc1nc(C)nc(NC(C)CCc2cc(C)sc2C)n1. The molecule has 0 radical (unpaired) electrons. The number of nitrogens with one attached hydrogen (secondary N) is 2. The molecule has 2 aromatic rings. The molecule has 7 heteroatoms. The van der Waals surface area contributed by atoms with Crippen LogP contribution in [0, 0.1) is 20.8 Å². The molecule has 2 heterocycles. The quantitative estimate of drug-likeness (QED) is 0.799. The van der Waals surface area contributed by atoms with Crippen LogP contribution < -0.4 is 10.6 Å². The molecule has 0 fully saturated rings. The van der Waals surface area contributed by atoms with Crippen LogP contribution in [0.25, 0.3) is 0 Å². The van der Waals surface area contributed by atoms with Gasteiger partial charge in [0, 0.05) is 22.2 Å². The van der Waals surface area contributed by atoms with Gasteiger partial charge >= 0.3 is 0 Å². The summed E-state index contributed by atoms with van der Waals surface area (Å²) in [5, 5.41) is 5.98. The number of aromatic nitrogens is 3. The van der Waals surface area contributed by atoms with Gasteiger partial charge in [-0.15, -0.1) is 11.3 Å². The van der Waals surface area contributed by atoms with Crippen molar-refractivity contribution in [2.24, 2.45) is 0 Å². The molecule has 0 aliphatic heterocycles. The van der Waals surface area contributed by atoms with Crippen molar-refractivity contribution in [1.82, 2.24) is 15.0 Å². The maximum atomic E-state index is 11.5. The van der Waals surface area contributed by atoms with Crippen molar-refractivity contribution in [3.05, 3.63) is 27.2 Å². The standard InChI is InChI=1S/C17H25N5OS/c1-6-15(23)21-17-20-13(5)19-16(22-17)18-10(2)7-8-14-9-11(3)24-12(14)4/h9-10H,6-8H2,1-5H3,(H2,18,19,20,21,22,23). The van der Waals surface area contributed by atoms with E-state index >= 15 is 0 Å². The van der Waals surface area contributed by atoms with Crippen molar-refractivity contribution in [3.63, 3.8) is 0 Å². The van der Waals surface area contributed by atoms with E-state index < -0.39 is 0 Å². The molecule has 0 aliphatic carbocycles. The van der Waals surface area contributed by atoms with Gasteiger partial charge in [-0.05, 0) is 52.2 Å². The monoisotopic (exact) mass is 347 g/mol. The fraction of sp³-hybridized carbons (Fsp3) is 0.529. The highest BCUT2D eigenvalue weighted by Gasteiger charge is 2.10. The third kappa shape index (κ3) is 5.26. The summed E-state index contributed by atoms with van der Waals surface area (Å²) in [6.07, 6.45) is 2.40. The van der Waals surface area contributed by atoms with Crippen LogP contribution in [-0.4, -0.2) is 26.9 Å². The van der Waals surface area contributed by atoms with E-state index in [-0.39, 0.29) is 11.9 Å². The van der Waals surface area contributed by atoms with Crippen LogP contribution in [0.15, 0.2) is 6.07 Å². The van der Waals surface area contributed by atoms with Gasteiger partial charge in [0.2, 0.25) is 17.8 Å². The minimum atomic E-state index is -0.108. The molecule has 0 bridgehead atoms. The van der Waals surface area contributed by atoms with Gasteiger partial charge in [0.1, 0.15) is 5.82 Å². The summed E-state index contributed by atoms with van der Waals surface area (Å²) in [6, 6.07) is 2.49. The molecule has 24 heavy (non-hydrogen) atoms. The molecule has 1 atom stereocenters. The second kappa shape index (κ2) is 8.19. The molecule has 2 aromatic heterocycles. The van der Waals surface area contributed by atoms with Crippen LogP contribution in [0.3, 0.4) is 0 Å². The van der Waals surface area contributed by atoms with Crippen LogP contribution in [0.4, 0.5) is 11.9 Å². The van der Waals surface area contributed by atoms with Gasteiger partial charge in [-0.1, -0.05) is 6.92 Å². The zero-order valence-electron chi connectivity index (χ0n) is 14.9. The van der Waals surface area contributed by atoms with E-state index in [1.165, 1.54) is 15.3 Å². The van der Waals surface area contributed by atoms with Crippen molar-refractivity contribution in [3.8, 4) is 0 Å². The lowest BCUT2D eigenvalue weighted by atomic mass is 10.1. The number of hydrogen-bond acceptors (Lipinski definition) is 6. The first-order chi connectivity index (χ1) is 11.4. The highest BCUT2D eigenvalue weighted by molar-refractivity contribution is 7.12. The maximum Gasteiger partial charge on any atom is 0.234 e. The van der Waals surface area contributed by atoms with Crippen molar-refractivity contribution in [1.29, 1.82) is 0 Å². The molecule has 6 nitrogen and oxygen atoms in total. The Balaban J connectivity index is 1.96. The maximum absolute atomic E-state index is 11.5. The average molecular weight is 347 g/mol. The number of carbonyl (C=O) groups is 1. The molecule has 1 amide bonds. The zero-order valence-corrected chi connectivity index (χ0v) is 15.8. The molecule has 2 N–H and O–H groups in total. The Hall–Kier alpha value is -2.02. The summed E-state index contributed by atoms with van der Waals surface area (Å²) in [7, 11) is 0. The van der Waals surface area contributed by atoms with Crippen LogP contribution in [0.2, 0.25) is 0 Å². The fourth-order valence-corrected chi connectivity index (χ4v) is 3.39. The number of hydrogen-bond donors (Lipinski definition) is 2. The Morgan fingerprint density at radius 2 is 1.92 bits per heavy atom. The van der Waals surface area contributed by atoms with Gasteiger partial charge in [-0.2, -0.15) is 15.0 Å². The molecule has 130 valence electrons. The summed E-state index contributed by atoms with van der Waals surface area (Å²) >= 11 is 1.84. The summed E-state index contributed by atoms with van der Waals surface area (Å²) in [5.74, 6) is 1.27. The van der Waals surface area contributed by atoms with Gasteiger partial charge < -0.3 is 5.32 Å². The normalized spacial score (nSPS) is 12.0. The predicted octanol–water partition coefficient (Wildman–Crippen LogP) is 3.64. The Labute approximate surface area is 147 Å². The third-order valence-electron chi connectivity index (χ3n) is 3.69. The zero-order chi connectivity index (χ0) is 17.7. The number of aryl methyl sites for hydroxylation is 4. The number of anilines is 2. The number of amides is 1. The topological polar surface area (TPSA) is 79.8 Å². The first-order valence-corrected chi connectivity index (χ1v) is 9.04. The van der Waals surface area contributed by atoms with E-state index in [1.807, 2.05) is 11.3 Å². The fourth-order valence-electron chi connectivity index (χ4n) is 2.41. The number of carbonyl (C=O) groups excluding carboxylic acids is 1. The Kier molecular flexibility index (Phi) is 6.25. The smallest absolute Gasteiger partial charge is 0.234 e. The predicted molar refractivity (Wildman–Crippen MR) is 98.7 cm³/mol. The van der Waals surface area contributed by atoms with Crippen LogP contribution in [0.5, 0.6) is 0 Å². The number of nitrogens with zero attached hydrogens (tertiary/aromatic N) is 3. The number of rotatable bonds is 7. The minimum Gasteiger partial charge on any atom is -0.352 e. The lowest BCUT2D eigenvalue weighted by Gasteiger charge is -2.14. The minimum absolute atomic E-state index is 0.108. The molecule has 0 spiro atoms. The van der Waals surface area contributed by atoms with Gasteiger partial charge in [0.05, 0.1) is 0 Å². The molecule has 0 saturated carbocycles. The van der Waals surface area contributed by atoms with Gasteiger partial charge in [0.25, 0.3) is 0 Å². The van der Waals surface area contributed by atoms with Crippen LogP contribution >= 0.6 is 11.3 Å². The highest BCUT2D eigenvalue weighted by atomic mass is 32.1. The highest BCUT2D eigenvalue weighted by Crippen LogP contribution is 2.22. The number of thiophene rings is 1. The molecule has 0 aliphatic rings. The molecule has 2 rings (SSSR count). The summed E-state index contributed by atoms with van der Waals surface area (Å²) in [4.78, 5) is 27.0. The van der Waals surface area contributed by atoms with Gasteiger partial charge in [0.15, 0.2) is 0 Å². The second-order valence-corrected chi connectivity index (χ2v) is 7.41. The first-order valence-electron chi connectivity index (χ1n) is 8.22. The molecule has 0 saturated heterocycles. The van der Waals surface area contributed by atoms with E-state index in [0.717, 1.165) is 12.8 Å². The van der Waals surface area contributed by atoms with E-state index in [0.29, 0.717) is 24.1 Å².